The van der Waals surface area contributed by atoms with Gasteiger partial charge in [-0.1, -0.05) is 42.8 Å². The molecule has 0 saturated carbocycles. The molecule has 0 bridgehead atoms. The largest absolute Gasteiger partial charge is 0.455 e. The molecule has 1 amide bonds. The van der Waals surface area contributed by atoms with Gasteiger partial charge in [0.2, 0.25) is 10.0 Å². The first-order valence-electron chi connectivity index (χ1n) is 15.1. The standard InChI is InChI=1S/C35H36FN3O5S/c1-6-31(40)33-26-17-24(29(38(4)45(5,42)43)19-32(26)44-34(33)22-14-12-21(2)13-15-22)23-9-8-16-39(20-23)35(41)30-18-25-27(36)10-7-11-28(25)37(30)3/h7,10-15,17-19,23H,6,8-9,16,20H2,1-5H3/t23-/m1/s1. The van der Waals surface area contributed by atoms with Crippen molar-refractivity contribution in [2.75, 3.05) is 30.7 Å². The van der Waals surface area contributed by atoms with Crippen molar-refractivity contribution in [3.8, 4) is 11.3 Å². The Labute approximate surface area is 262 Å². The van der Waals surface area contributed by atoms with E-state index < -0.39 is 10.0 Å². The third-order valence-electron chi connectivity index (χ3n) is 8.99. The van der Waals surface area contributed by atoms with E-state index >= 15 is 0 Å². The zero-order valence-corrected chi connectivity index (χ0v) is 26.9. The SMILES string of the molecule is CCC(=O)c1c(-c2ccc(C)cc2)oc2cc(N(C)S(C)(=O)=O)c([C@@H]3CCCN(C(=O)c4cc5c(F)cccc5n4C)C3)cc12. The number of halogens is 1. The molecule has 6 rings (SSSR count). The molecular formula is C35H36FN3O5S. The van der Waals surface area contributed by atoms with Crippen molar-refractivity contribution >= 4 is 49.3 Å². The smallest absolute Gasteiger partial charge is 0.270 e. The van der Waals surface area contributed by atoms with Crippen LogP contribution in [0.3, 0.4) is 0 Å². The van der Waals surface area contributed by atoms with Gasteiger partial charge in [-0.15, -0.1) is 0 Å². The summed E-state index contributed by atoms with van der Waals surface area (Å²) < 4.78 is 49.5. The predicted octanol–water partition coefficient (Wildman–Crippen LogP) is 7.05. The van der Waals surface area contributed by atoms with E-state index in [-0.39, 0.29) is 29.8 Å². The number of carbonyl (C=O) groups is 2. The number of ketones is 1. The van der Waals surface area contributed by atoms with Crippen molar-refractivity contribution in [3.05, 3.63) is 88.9 Å². The number of rotatable bonds is 7. The van der Waals surface area contributed by atoms with Crippen LogP contribution in [0.1, 0.15) is 64.1 Å². The van der Waals surface area contributed by atoms with E-state index in [1.807, 2.05) is 37.3 Å². The second-order valence-corrected chi connectivity index (χ2v) is 14.0. The van der Waals surface area contributed by atoms with Gasteiger partial charge >= 0.3 is 0 Å². The lowest BCUT2D eigenvalue weighted by atomic mass is 9.87. The molecule has 1 aliphatic rings. The summed E-state index contributed by atoms with van der Waals surface area (Å²) >= 11 is 0. The minimum absolute atomic E-state index is 0.0806. The van der Waals surface area contributed by atoms with Crippen LogP contribution < -0.4 is 4.31 Å². The number of likely N-dealkylation sites (tertiary alicyclic amines) is 1. The van der Waals surface area contributed by atoms with Gasteiger partial charge in [-0.3, -0.25) is 13.9 Å². The Hall–Kier alpha value is -4.44. The molecule has 2 aromatic heterocycles. The van der Waals surface area contributed by atoms with Crippen molar-refractivity contribution in [2.45, 2.75) is 39.0 Å². The first-order valence-corrected chi connectivity index (χ1v) is 16.9. The summed E-state index contributed by atoms with van der Waals surface area (Å²) in [5.74, 6) is -0.458. The minimum atomic E-state index is -3.66. The van der Waals surface area contributed by atoms with Gasteiger partial charge < -0.3 is 13.9 Å². The van der Waals surface area contributed by atoms with Gasteiger partial charge in [0.05, 0.1) is 23.0 Å². The Balaban J connectivity index is 1.47. The maximum Gasteiger partial charge on any atom is 0.270 e. The van der Waals surface area contributed by atoms with Crippen molar-refractivity contribution in [3.63, 3.8) is 0 Å². The van der Waals surface area contributed by atoms with Crippen LogP contribution in [0.25, 0.3) is 33.2 Å². The van der Waals surface area contributed by atoms with E-state index in [9.17, 15) is 22.4 Å². The molecule has 45 heavy (non-hydrogen) atoms. The number of benzene rings is 3. The first-order chi connectivity index (χ1) is 21.4. The van der Waals surface area contributed by atoms with Gasteiger partial charge in [-0.25, -0.2) is 12.8 Å². The van der Waals surface area contributed by atoms with Gasteiger partial charge in [0.1, 0.15) is 22.9 Å². The fourth-order valence-corrected chi connectivity index (χ4v) is 6.91. The lowest BCUT2D eigenvalue weighted by molar-refractivity contribution is 0.0698. The highest BCUT2D eigenvalue weighted by molar-refractivity contribution is 7.92. The van der Waals surface area contributed by atoms with Gasteiger partial charge in [-0.2, -0.15) is 0 Å². The minimum Gasteiger partial charge on any atom is -0.455 e. The number of fused-ring (bicyclic) bond motifs is 2. The molecule has 0 radical (unpaired) electrons. The van der Waals surface area contributed by atoms with Gasteiger partial charge in [0.15, 0.2) is 5.78 Å². The average Bonchev–Trinajstić information content (AvgIpc) is 3.57. The van der Waals surface area contributed by atoms with Crippen LogP contribution in [-0.4, -0.2) is 56.0 Å². The first kappa shape index (κ1) is 30.6. The monoisotopic (exact) mass is 629 g/mol. The van der Waals surface area contributed by atoms with Crippen LogP contribution in [0.15, 0.2) is 65.1 Å². The molecule has 3 aromatic carbocycles. The van der Waals surface area contributed by atoms with Crippen LogP contribution in [0.4, 0.5) is 10.1 Å². The Bertz CT molecular complexity index is 2080. The molecule has 0 N–H and O–H groups in total. The van der Waals surface area contributed by atoms with Crippen LogP contribution in [0.5, 0.6) is 0 Å². The predicted molar refractivity (Wildman–Crippen MR) is 175 cm³/mol. The summed E-state index contributed by atoms with van der Waals surface area (Å²) in [5, 5.41) is 1.00. The number of Topliss-reactive ketones (excluding diaryl/α,β-unsaturated/α-hetero) is 1. The molecule has 0 unspecified atom stereocenters. The Morgan fingerprint density at radius 2 is 1.80 bits per heavy atom. The Morgan fingerprint density at radius 1 is 1.07 bits per heavy atom. The molecule has 5 aromatic rings. The number of furan rings is 1. The van der Waals surface area contributed by atoms with Gasteiger partial charge in [-0.05, 0) is 49.6 Å². The number of sulfonamides is 1. The van der Waals surface area contributed by atoms with E-state index in [0.717, 1.165) is 22.9 Å². The third kappa shape index (κ3) is 5.41. The summed E-state index contributed by atoms with van der Waals surface area (Å²) in [6.07, 6.45) is 2.81. The number of amides is 1. The third-order valence-corrected chi connectivity index (χ3v) is 10.2. The maximum atomic E-state index is 14.5. The van der Waals surface area contributed by atoms with Crippen molar-refractivity contribution in [1.82, 2.24) is 9.47 Å². The summed E-state index contributed by atoms with van der Waals surface area (Å²) in [4.78, 5) is 29.0. The van der Waals surface area contributed by atoms with E-state index in [1.54, 1.807) is 47.7 Å². The fraction of sp³-hybridized carbons (Fsp3) is 0.314. The normalized spacial score (nSPS) is 15.6. The summed E-state index contributed by atoms with van der Waals surface area (Å²) in [6.45, 7) is 4.63. The maximum absolute atomic E-state index is 14.5. The fourth-order valence-electron chi connectivity index (χ4n) is 6.40. The van der Waals surface area contributed by atoms with Crippen molar-refractivity contribution in [1.29, 1.82) is 0 Å². The number of piperidine rings is 1. The lowest BCUT2D eigenvalue weighted by Crippen LogP contribution is -2.40. The molecule has 10 heteroatoms. The molecule has 1 saturated heterocycles. The highest BCUT2D eigenvalue weighted by atomic mass is 32.2. The number of hydrogen-bond donors (Lipinski definition) is 0. The van der Waals surface area contributed by atoms with Crippen LogP contribution in [-0.2, 0) is 17.1 Å². The quantitative estimate of drug-likeness (QED) is 0.180. The van der Waals surface area contributed by atoms with Crippen LogP contribution in [0.2, 0.25) is 0 Å². The zero-order valence-electron chi connectivity index (χ0n) is 26.1. The van der Waals surface area contributed by atoms with Crippen LogP contribution >= 0.6 is 0 Å². The van der Waals surface area contributed by atoms with Crippen LogP contribution in [0, 0.1) is 12.7 Å². The van der Waals surface area contributed by atoms with Crippen molar-refractivity contribution < 1.29 is 26.8 Å². The Morgan fingerprint density at radius 3 is 2.47 bits per heavy atom. The molecule has 8 nitrogen and oxygen atoms in total. The number of anilines is 1. The second kappa shape index (κ2) is 11.5. The molecule has 234 valence electrons. The average molecular weight is 630 g/mol. The van der Waals surface area contributed by atoms with E-state index in [4.69, 9.17) is 4.42 Å². The highest BCUT2D eigenvalue weighted by Gasteiger charge is 2.32. The summed E-state index contributed by atoms with van der Waals surface area (Å²) in [5.41, 5.74) is 4.88. The van der Waals surface area contributed by atoms with E-state index in [0.29, 0.717) is 70.5 Å². The lowest BCUT2D eigenvalue weighted by Gasteiger charge is -2.35. The zero-order chi connectivity index (χ0) is 32.2. The van der Waals surface area contributed by atoms with Gasteiger partial charge in [0, 0.05) is 61.9 Å². The molecule has 0 spiro atoms. The molecule has 3 heterocycles. The van der Waals surface area contributed by atoms with E-state index in [2.05, 4.69) is 0 Å². The summed E-state index contributed by atoms with van der Waals surface area (Å²) in [6, 6.07) is 17.7. The number of hydrogen-bond acceptors (Lipinski definition) is 5. The number of aryl methyl sites for hydroxylation is 2. The molecule has 1 aliphatic heterocycles. The van der Waals surface area contributed by atoms with E-state index in [1.165, 1.54) is 17.4 Å². The number of nitrogens with zero attached hydrogens (tertiary/aromatic N) is 3. The second-order valence-electron chi connectivity index (χ2n) is 11.9. The molecule has 1 atom stereocenters. The Kier molecular flexibility index (Phi) is 7.81. The number of carbonyl (C=O) groups excluding carboxylic acids is 2. The van der Waals surface area contributed by atoms with Crippen molar-refractivity contribution in [2.24, 2.45) is 7.05 Å². The summed E-state index contributed by atoms with van der Waals surface area (Å²) in [7, 11) is -0.411. The topological polar surface area (TPSA) is 92.8 Å². The number of aromatic nitrogens is 1. The molecule has 0 aliphatic carbocycles. The highest BCUT2D eigenvalue weighted by Crippen LogP contribution is 2.42. The van der Waals surface area contributed by atoms with Gasteiger partial charge in [0.25, 0.3) is 5.91 Å². The molecular weight excluding hydrogens is 593 g/mol. The molecule has 1 fully saturated rings.